The normalized spacial score (nSPS) is 13.2. The lowest BCUT2D eigenvalue weighted by atomic mass is 9.87. The van der Waals surface area contributed by atoms with Crippen molar-refractivity contribution in [1.82, 2.24) is 5.16 Å². The number of aromatic nitrogens is 1. The van der Waals surface area contributed by atoms with Crippen LogP contribution in [0, 0.1) is 0 Å². The molecule has 0 aliphatic heterocycles. The second kappa shape index (κ2) is 9.42. The van der Waals surface area contributed by atoms with Gasteiger partial charge in [-0.25, -0.2) is 17.9 Å². The largest absolute Gasteiger partial charge is 0.456 e. The highest BCUT2D eigenvalue weighted by atomic mass is 32.2. The molecule has 0 aliphatic carbocycles. The first-order chi connectivity index (χ1) is 15.0. The van der Waals surface area contributed by atoms with Crippen LogP contribution in [0.15, 0.2) is 33.7 Å². The molecule has 0 saturated carbocycles. The van der Waals surface area contributed by atoms with Gasteiger partial charge in [0, 0.05) is 13.8 Å². The summed E-state index contributed by atoms with van der Waals surface area (Å²) in [7, 11) is -4.14. The molecule has 0 fully saturated rings. The van der Waals surface area contributed by atoms with E-state index in [9.17, 15) is 18.0 Å². The minimum Gasteiger partial charge on any atom is -0.456 e. The number of hydrogen-bond donors (Lipinski definition) is 1. The number of nitrogens with zero attached hydrogens (tertiary/aromatic N) is 1. The fourth-order valence-electron chi connectivity index (χ4n) is 2.66. The zero-order valence-electron chi connectivity index (χ0n) is 20.0. The third-order valence-corrected chi connectivity index (χ3v) is 5.48. The van der Waals surface area contributed by atoms with Gasteiger partial charge >= 0.3 is 11.9 Å². The van der Waals surface area contributed by atoms with Crippen molar-refractivity contribution >= 4 is 27.8 Å². The zero-order chi connectivity index (χ0) is 25.2. The highest BCUT2D eigenvalue weighted by molar-refractivity contribution is 7.92. The van der Waals surface area contributed by atoms with Gasteiger partial charge in [0.15, 0.2) is 5.56 Å². The quantitative estimate of drug-likeness (QED) is 0.459. The van der Waals surface area contributed by atoms with Crippen LogP contribution in [0.3, 0.4) is 0 Å². The standard InChI is InChI=1S/C22H30N2O8S/c1-13(25)29-14(2)30-18-17(20(26)31-22(6,7)8)19(32-23-18)24-33(27,28)16-11-9-15(10-12-16)21(3,4)5/h9-12,14,24H,1-8H3. The van der Waals surface area contributed by atoms with Crippen molar-refractivity contribution in [2.45, 2.75) is 77.6 Å². The van der Waals surface area contributed by atoms with Crippen molar-refractivity contribution in [3.05, 3.63) is 35.4 Å². The number of ether oxygens (including phenoxy) is 3. The van der Waals surface area contributed by atoms with Gasteiger partial charge in [-0.3, -0.25) is 4.79 Å². The van der Waals surface area contributed by atoms with E-state index in [0.717, 1.165) is 5.56 Å². The molecule has 2 rings (SSSR count). The maximum absolute atomic E-state index is 12.9. The van der Waals surface area contributed by atoms with Crippen molar-refractivity contribution < 1.29 is 36.7 Å². The molecule has 0 aliphatic rings. The summed E-state index contributed by atoms with van der Waals surface area (Å²) in [6.07, 6.45) is -1.12. The number of carbonyl (C=O) groups is 2. The summed E-state index contributed by atoms with van der Waals surface area (Å²) in [6.45, 7) is 13.5. The molecule has 1 unspecified atom stereocenters. The summed E-state index contributed by atoms with van der Waals surface area (Å²) in [4.78, 5) is 23.9. The Morgan fingerprint density at radius 1 is 1.06 bits per heavy atom. The Labute approximate surface area is 193 Å². The van der Waals surface area contributed by atoms with Crippen LogP contribution in [0.4, 0.5) is 5.88 Å². The lowest BCUT2D eigenvalue weighted by Crippen LogP contribution is -2.26. The fraction of sp³-hybridized carbons (Fsp3) is 0.500. The Balaban J connectivity index is 2.41. The first kappa shape index (κ1) is 26.2. The van der Waals surface area contributed by atoms with Crippen LogP contribution in [0.5, 0.6) is 5.88 Å². The minimum absolute atomic E-state index is 0.0437. The molecule has 0 bridgehead atoms. The first-order valence-corrected chi connectivity index (χ1v) is 11.7. The number of esters is 2. The van der Waals surface area contributed by atoms with Crippen LogP contribution < -0.4 is 9.46 Å². The van der Waals surface area contributed by atoms with Crippen LogP contribution >= 0.6 is 0 Å². The number of anilines is 1. The van der Waals surface area contributed by atoms with E-state index in [-0.39, 0.29) is 15.9 Å². The first-order valence-electron chi connectivity index (χ1n) is 10.2. The van der Waals surface area contributed by atoms with Gasteiger partial charge in [-0.2, -0.15) is 0 Å². The molecule has 33 heavy (non-hydrogen) atoms. The van der Waals surface area contributed by atoms with Crippen molar-refractivity contribution in [2.75, 3.05) is 4.72 Å². The van der Waals surface area contributed by atoms with Crippen LogP contribution in [-0.4, -0.2) is 37.4 Å². The molecule has 11 heteroatoms. The molecule has 182 valence electrons. The zero-order valence-corrected chi connectivity index (χ0v) is 20.8. The predicted octanol–water partition coefficient (Wildman–Crippen LogP) is 4.02. The molecule has 0 radical (unpaired) electrons. The SMILES string of the molecule is CC(=O)OC(C)Oc1noc(NS(=O)(=O)c2ccc(C(C)(C)C)cc2)c1C(=O)OC(C)(C)C. The van der Waals surface area contributed by atoms with E-state index in [1.807, 2.05) is 20.8 Å². The van der Waals surface area contributed by atoms with Gasteiger partial charge in [-0.05, 0) is 49.0 Å². The summed E-state index contributed by atoms with van der Waals surface area (Å²) in [6, 6.07) is 6.32. The smallest absolute Gasteiger partial charge is 0.349 e. The van der Waals surface area contributed by atoms with Crippen molar-refractivity contribution in [3.8, 4) is 5.88 Å². The van der Waals surface area contributed by atoms with E-state index in [1.54, 1.807) is 32.9 Å². The van der Waals surface area contributed by atoms with E-state index in [4.69, 9.17) is 18.7 Å². The van der Waals surface area contributed by atoms with Gasteiger partial charge < -0.3 is 18.7 Å². The number of sulfonamides is 1. The maximum atomic E-state index is 12.9. The Hall–Kier alpha value is -3.08. The molecule has 1 atom stereocenters. The molecule has 1 aromatic heterocycles. The summed E-state index contributed by atoms with van der Waals surface area (Å²) in [5.41, 5.74) is -0.494. The lowest BCUT2D eigenvalue weighted by molar-refractivity contribution is -0.158. The van der Waals surface area contributed by atoms with E-state index in [1.165, 1.54) is 26.0 Å². The van der Waals surface area contributed by atoms with Gasteiger partial charge in [0.2, 0.25) is 6.29 Å². The van der Waals surface area contributed by atoms with Gasteiger partial charge in [-0.1, -0.05) is 32.9 Å². The van der Waals surface area contributed by atoms with Crippen LogP contribution in [0.25, 0.3) is 0 Å². The average Bonchev–Trinajstić information content (AvgIpc) is 3.00. The summed E-state index contributed by atoms with van der Waals surface area (Å²) >= 11 is 0. The van der Waals surface area contributed by atoms with E-state index >= 15 is 0 Å². The third kappa shape index (κ3) is 7.21. The highest BCUT2D eigenvalue weighted by Gasteiger charge is 2.33. The molecule has 1 aromatic carbocycles. The molecule has 0 spiro atoms. The Morgan fingerprint density at radius 3 is 2.12 bits per heavy atom. The number of rotatable bonds is 7. The molecular weight excluding hydrogens is 452 g/mol. The van der Waals surface area contributed by atoms with Crippen molar-refractivity contribution in [2.24, 2.45) is 0 Å². The Bertz CT molecular complexity index is 1110. The van der Waals surface area contributed by atoms with Crippen LogP contribution in [0.2, 0.25) is 0 Å². The van der Waals surface area contributed by atoms with Gasteiger partial charge in [0.1, 0.15) is 5.60 Å². The molecule has 2 aromatic rings. The topological polar surface area (TPSA) is 134 Å². The highest BCUT2D eigenvalue weighted by Crippen LogP contribution is 2.31. The second-order valence-corrected chi connectivity index (χ2v) is 11.1. The van der Waals surface area contributed by atoms with E-state index < -0.39 is 45.6 Å². The third-order valence-electron chi connectivity index (χ3n) is 4.13. The average molecular weight is 483 g/mol. The van der Waals surface area contributed by atoms with Gasteiger partial charge in [-0.15, -0.1) is 0 Å². The van der Waals surface area contributed by atoms with Gasteiger partial charge in [0.05, 0.1) is 4.90 Å². The lowest BCUT2D eigenvalue weighted by Gasteiger charge is -2.20. The van der Waals surface area contributed by atoms with E-state index in [2.05, 4.69) is 9.88 Å². The van der Waals surface area contributed by atoms with Crippen molar-refractivity contribution in [1.29, 1.82) is 0 Å². The molecule has 10 nitrogen and oxygen atoms in total. The predicted molar refractivity (Wildman–Crippen MR) is 119 cm³/mol. The number of nitrogens with one attached hydrogen (secondary N) is 1. The van der Waals surface area contributed by atoms with Crippen molar-refractivity contribution in [3.63, 3.8) is 0 Å². The summed E-state index contributed by atoms with van der Waals surface area (Å²) < 4.78 is 48.7. The minimum atomic E-state index is -4.14. The van der Waals surface area contributed by atoms with Gasteiger partial charge in [0.25, 0.3) is 21.8 Å². The van der Waals surface area contributed by atoms with Crippen LogP contribution in [-0.2, 0) is 29.7 Å². The number of benzene rings is 1. The molecule has 1 N–H and O–H groups in total. The maximum Gasteiger partial charge on any atom is 0.349 e. The molecular formula is C22H30N2O8S. The molecule has 0 saturated heterocycles. The summed E-state index contributed by atoms with van der Waals surface area (Å²) in [5.74, 6) is -2.44. The van der Waals surface area contributed by atoms with Crippen LogP contribution in [0.1, 0.15) is 71.3 Å². The number of hydrogen-bond acceptors (Lipinski definition) is 9. The Morgan fingerprint density at radius 2 is 1.64 bits per heavy atom. The Kier molecular flexibility index (Phi) is 7.47. The number of carbonyl (C=O) groups excluding carboxylic acids is 2. The fourth-order valence-corrected chi connectivity index (χ4v) is 3.66. The second-order valence-electron chi connectivity index (χ2n) is 9.37. The molecule has 1 heterocycles. The monoisotopic (exact) mass is 482 g/mol. The summed E-state index contributed by atoms with van der Waals surface area (Å²) in [5, 5.41) is 3.62. The molecule has 0 amide bonds. The van der Waals surface area contributed by atoms with E-state index in [0.29, 0.717) is 0 Å².